The molecule has 0 aromatic carbocycles. The van der Waals surface area contributed by atoms with Gasteiger partial charge in [0.2, 0.25) is 0 Å². The zero-order valence-corrected chi connectivity index (χ0v) is 10.7. The minimum atomic E-state index is 0.878. The highest BCUT2D eigenvalue weighted by atomic mass is 15.5. The normalized spacial score (nSPS) is 13.1. The Bertz CT molecular complexity index is 183. The Morgan fingerprint density at radius 2 is 1.79 bits per heavy atom. The number of guanidine groups is 1. The fourth-order valence-corrected chi connectivity index (χ4v) is 1.87. The minimum absolute atomic E-state index is 0.878. The fraction of sp³-hybridized carbons (Fsp3) is 0.909. The molecule has 0 fully saturated rings. The number of nitrogens with zero attached hydrogens (tertiary/aromatic N) is 3. The summed E-state index contributed by atoms with van der Waals surface area (Å²) in [6.07, 6.45) is 3.86. The number of aliphatic imine (C=N–C) groups is 1. The number of unbranched alkanes of at least 4 members (excludes halogenated alkanes) is 2. The molecular weight excluding hydrogens is 174 g/mol. The molecular formula is C11H26N3+. The molecule has 84 valence electrons. The van der Waals surface area contributed by atoms with E-state index in [1.165, 1.54) is 25.8 Å². The molecule has 0 aliphatic heterocycles. The predicted octanol–water partition coefficient (Wildman–Crippen LogP) is 1.80. The molecule has 0 radical (unpaired) electrons. The van der Waals surface area contributed by atoms with Crippen LogP contribution in [0.3, 0.4) is 0 Å². The molecule has 0 unspecified atom stereocenters. The lowest BCUT2D eigenvalue weighted by atomic mass is 10.2. The van der Waals surface area contributed by atoms with Crippen molar-refractivity contribution in [2.75, 3.05) is 41.8 Å². The molecule has 0 spiro atoms. The van der Waals surface area contributed by atoms with Crippen LogP contribution in [0, 0.1) is 0 Å². The molecule has 3 nitrogen and oxygen atoms in total. The molecule has 0 N–H and O–H groups in total. The van der Waals surface area contributed by atoms with Crippen LogP contribution in [0.1, 0.15) is 26.2 Å². The van der Waals surface area contributed by atoms with E-state index in [0.29, 0.717) is 0 Å². The van der Waals surface area contributed by atoms with Crippen LogP contribution in [0.2, 0.25) is 0 Å². The first-order chi connectivity index (χ1) is 6.45. The van der Waals surface area contributed by atoms with Gasteiger partial charge in [0.25, 0.3) is 5.96 Å². The van der Waals surface area contributed by atoms with E-state index < -0.39 is 0 Å². The fourth-order valence-electron chi connectivity index (χ4n) is 1.87. The van der Waals surface area contributed by atoms with Crippen LogP contribution in [0.5, 0.6) is 0 Å². The molecule has 0 rings (SSSR count). The maximum Gasteiger partial charge on any atom is 0.299 e. The molecule has 0 aromatic rings. The summed E-state index contributed by atoms with van der Waals surface area (Å²) in [5.74, 6) is 1.14. The Kier molecular flexibility index (Phi) is 5.77. The maximum atomic E-state index is 4.35. The van der Waals surface area contributed by atoms with Crippen LogP contribution in [0.25, 0.3) is 0 Å². The van der Waals surface area contributed by atoms with Gasteiger partial charge in [-0.15, -0.1) is 0 Å². The van der Waals surface area contributed by atoms with Crippen LogP contribution in [-0.2, 0) is 0 Å². The van der Waals surface area contributed by atoms with Gasteiger partial charge in [0, 0.05) is 21.1 Å². The highest BCUT2D eigenvalue weighted by molar-refractivity contribution is 5.72. The Hall–Kier alpha value is -0.570. The Balaban J connectivity index is 4.28. The van der Waals surface area contributed by atoms with E-state index >= 15 is 0 Å². The van der Waals surface area contributed by atoms with Crippen molar-refractivity contribution in [3.8, 4) is 0 Å². The Morgan fingerprint density at radius 3 is 2.14 bits per heavy atom. The van der Waals surface area contributed by atoms with Crippen molar-refractivity contribution in [1.82, 2.24) is 4.90 Å². The third-order valence-electron chi connectivity index (χ3n) is 2.46. The quantitative estimate of drug-likeness (QED) is 0.292. The van der Waals surface area contributed by atoms with Gasteiger partial charge in [0.05, 0.1) is 20.6 Å². The van der Waals surface area contributed by atoms with Gasteiger partial charge in [-0.2, -0.15) is 0 Å². The van der Waals surface area contributed by atoms with Crippen molar-refractivity contribution in [2.24, 2.45) is 4.99 Å². The molecule has 0 saturated heterocycles. The lowest BCUT2D eigenvalue weighted by Crippen LogP contribution is -2.52. The van der Waals surface area contributed by atoms with Gasteiger partial charge in [-0.25, -0.2) is 4.99 Å². The van der Waals surface area contributed by atoms with E-state index in [9.17, 15) is 0 Å². The van der Waals surface area contributed by atoms with Crippen molar-refractivity contribution in [1.29, 1.82) is 0 Å². The molecule has 0 atom stereocenters. The highest BCUT2D eigenvalue weighted by Gasteiger charge is 2.24. The largest absolute Gasteiger partial charge is 0.317 e. The zero-order chi connectivity index (χ0) is 11.2. The van der Waals surface area contributed by atoms with Crippen LogP contribution in [0.15, 0.2) is 4.99 Å². The second kappa shape index (κ2) is 6.02. The number of quaternary nitrogens is 1. The van der Waals surface area contributed by atoms with E-state index in [-0.39, 0.29) is 0 Å². The standard InChI is InChI=1S/C11H26N3/c1-7-8-9-10-14(5,6)11(12-2)13(3)4/h7-10H2,1-6H3/q+1. The third-order valence-corrected chi connectivity index (χ3v) is 2.46. The predicted molar refractivity (Wildman–Crippen MR) is 63.5 cm³/mol. The summed E-state index contributed by atoms with van der Waals surface area (Å²) < 4.78 is 0.878. The summed E-state index contributed by atoms with van der Waals surface area (Å²) >= 11 is 0. The van der Waals surface area contributed by atoms with Gasteiger partial charge in [-0.1, -0.05) is 13.3 Å². The molecule has 0 heterocycles. The van der Waals surface area contributed by atoms with Crippen molar-refractivity contribution in [3.63, 3.8) is 0 Å². The number of rotatable bonds is 4. The van der Waals surface area contributed by atoms with Crippen LogP contribution in [-0.4, -0.2) is 57.1 Å². The lowest BCUT2D eigenvalue weighted by molar-refractivity contribution is -0.805. The summed E-state index contributed by atoms with van der Waals surface area (Å²) in [6.45, 7) is 3.40. The van der Waals surface area contributed by atoms with E-state index in [4.69, 9.17) is 0 Å². The van der Waals surface area contributed by atoms with Crippen molar-refractivity contribution >= 4 is 5.96 Å². The first-order valence-corrected chi connectivity index (χ1v) is 5.43. The van der Waals surface area contributed by atoms with E-state index in [2.05, 4.69) is 45.0 Å². The number of hydrogen-bond acceptors (Lipinski definition) is 1. The van der Waals surface area contributed by atoms with Crippen LogP contribution < -0.4 is 0 Å². The number of hydrogen-bond donors (Lipinski definition) is 0. The Morgan fingerprint density at radius 1 is 1.21 bits per heavy atom. The third kappa shape index (κ3) is 4.09. The second-order valence-corrected chi connectivity index (χ2v) is 4.53. The summed E-state index contributed by atoms with van der Waals surface area (Å²) in [5.41, 5.74) is 0. The van der Waals surface area contributed by atoms with E-state index in [1.54, 1.807) is 0 Å². The average Bonchev–Trinajstić information content (AvgIpc) is 2.04. The summed E-state index contributed by atoms with van der Waals surface area (Å²) in [4.78, 5) is 6.46. The maximum absolute atomic E-state index is 4.35. The van der Waals surface area contributed by atoms with Gasteiger partial charge in [-0.05, 0) is 12.8 Å². The molecule has 14 heavy (non-hydrogen) atoms. The first kappa shape index (κ1) is 13.4. The highest BCUT2D eigenvalue weighted by Crippen LogP contribution is 2.07. The monoisotopic (exact) mass is 200 g/mol. The SMILES string of the molecule is CCCCC[N+](C)(C)C(=NC)N(C)C. The first-order valence-electron chi connectivity index (χ1n) is 5.43. The molecule has 0 amide bonds. The lowest BCUT2D eigenvalue weighted by Gasteiger charge is -2.32. The zero-order valence-electron chi connectivity index (χ0n) is 10.7. The molecule has 0 aliphatic carbocycles. The average molecular weight is 200 g/mol. The minimum Gasteiger partial charge on any atom is -0.317 e. The topological polar surface area (TPSA) is 15.6 Å². The van der Waals surface area contributed by atoms with E-state index in [0.717, 1.165) is 10.4 Å². The van der Waals surface area contributed by atoms with Gasteiger partial charge >= 0.3 is 0 Å². The van der Waals surface area contributed by atoms with Crippen molar-refractivity contribution in [2.45, 2.75) is 26.2 Å². The van der Waals surface area contributed by atoms with E-state index in [1.807, 2.05) is 7.05 Å². The van der Waals surface area contributed by atoms with Gasteiger partial charge in [-0.3, -0.25) is 4.48 Å². The molecule has 0 aromatic heterocycles. The van der Waals surface area contributed by atoms with Gasteiger partial charge in [0.1, 0.15) is 0 Å². The van der Waals surface area contributed by atoms with Crippen LogP contribution in [0.4, 0.5) is 0 Å². The molecule has 0 bridgehead atoms. The summed E-state index contributed by atoms with van der Waals surface area (Å²) in [5, 5.41) is 0. The van der Waals surface area contributed by atoms with Crippen LogP contribution >= 0.6 is 0 Å². The van der Waals surface area contributed by atoms with Gasteiger partial charge < -0.3 is 4.90 Å². The van der Waals surface area contributed by atoms with Crippen molar-refractivity contribution in [3.05, 3.63) is 0 Å². The van der Waals surface area contributed by atoms with Crippen molar-refractivity contribution < 1.29 is 4.48 Å². The Labute approximate surface area is 89.0 Å². The molecule has 0 saturated carbocycles. The molecule has 0 aliphatic rings. The molecule has 3 heteroatoms. The second-order valence-electron chi connectivity index (χ2n) is 4.53. The smallest absolute Gasteiger partial charge is 0.299 e. The summed E-state index contributed by atoms with van der Waals surface area (Å²) in [6, 6.07) is 0. The van der Waals surface area contributed by atoms with Gasteiger partial charge in [0.15, 0.2) is 0 Å². The summed E-state index contributed by atoms with van der Waals surface area (Å²) in [7, 11) is 10.4.